The molecule has 0 spiro atoms. The van der Waals surface area contributed by atoms with Crippen molar-refractivity contribution in [1.82, 2.24) is 10.2 Å². The van der Waals surface area contributed by atoms with Gasteiger partial charge in [0.2, 0.25) is 5.91 Å². The molecule has 0 radical (unpaired) electrons. The predicted octanol–water partition coefficient (Wildman–Crippen LogP) is 3.55. The Morgan fingerprint density at radius 2 is 1.71 bits per heavy atom. The summed E-state index contributed by atoms with van der Waals surface area (Å²) < 4.78 is 24.1. The summed E-state index contributed by atoms with van der Waals surface area (Å²) in [6.07, 6.45) is 1.13. The van der Waals surface area contributed by atoms with Crippen molar-refractivity contribution in [2.75, 3.05) is 31.6 Å². The lowest BCUT2D eigenvalue weighted by atomic mass is 9.79. The molecule has 0 atom stereocenters. The Hall–Kier alpha value is -3.29. The molecule has 8 heteroatoms. The number of hydrogen-bond acceptors (Lipinski definition) is 4. The van der Waals surface area contributed by atoms with E-state index in [1.165, 1.54) is 12.1 Å². The number of anilines is 1. The Morgan fingerprint density at radius 3 is 2.42 bits per heavy atom. The summed E-state index contributed by atoms with van der Waals surface area (Å²) in [7, 11) is 0. The molecule has 2 aliphatic heterocycles. The van der Waals surface area contributed by atoms with Gasteiger partial charge in [-0.25, -0.2) is 9.18 Å². The standard InChI is InChI=1S/C23H26FN3O4/c1-23(21(28)25-15-16-2-4-17(24)5-3-16)8-10-27(11-9-23)22(29)26-18-6-7-19-20(14-18)31-13-12-30-19/h2-7,14H,8-13,15H2,1H3,(H,25,28)(H,26,29). The smallest absolute Gasteiger partial charge is 0.321 e. The first-order chi connectivity index (χ1) is 14.9. The van der Waals surface area contributed by atoms with Crippen LogP contribution in [0.5, 0.6) is 11.5 Å². The molecule has 164 valence electrons. The van der Waals surface area contributed by atoms with Crippen LogP contribution in [0.15, 0.2) is 42.5 Å². The highest BCUT2D eigenvalue weighted by molar-refractivity contribution is 5.90. The maximum absolute atomic E-state index is 13.0. The zero-order chi connectivity index (χ0) is 21.8. The van der Waals surface area contributed by atoms with Gasteiger partial charge in [0.1, 0.15) is 19.0 Å². The van der Waals surface area contributed by atoms with Gasteiger partial charge in [-0.15, -0.1) is 0 Å². The molecule has 0 aliphatic carbocycles. The minimum Gasteiger partial charge on any atom is -0.486 e. The first kappa shape index (κ1) is 21.0. The van der Waals surface area contributed by atoms with Gasteiger partial charge in [0, 0.05) is 36.8 Å². The van der Waals surface area contributed by atoms with Gasteiger partial charge in [0.05, 0.1) is 0 Å². The first-order valence-corrected chi connectivity index (χ1v) is 10.4. The van der Waals surface area contributed by atoms with Crippen LogP contribution in [0.4, 0.5) is 14.9 Å². The number of rotatable bonds is 4. The van der Waals surface area contributed by atoms with Crippen molar-refractivity contribution in [3.63, 3.8) is 0 Å². The van der Waals surface area contributed by atoms with Crippen molar-refractivity contribution in [3.05, 3.63) is 53.8 Å². The number of carbonyl (C=O) groups is 2. The maximum Gasteiger partial charge on any atom is 0.321 e. The van der Waals surface area contributed by atoms with E-state index in [4.69, 9.17) is 9.47 Å². The SMILES string of the molecule is CC1(C(=O)NCc2ccc(F)cc2)CCN(C(=O)Nc2ccc3c(c2)OCCO3)CC1. The molecule has 2 aromatic rings. The van der Waals surface area contributed by atoms with Crippen molar-refractivity contribution in [2.45, 2.75) is 26.3 Å². The number of ether oxygens (including phenoxy) is 2. The number of halogens is 1. The van der Waals surface area contributed by atoms with Crippen molar-refractivity contribution < 1.29 is 23.5 Å². The Balaban J connectivity index is 1.28. The molecule has 1 saturated heterocycles. The van der Waals surface area contributed by atoms with E-state index in [0.717, 1.165) is 5.56 Å². The van der Waals surface area contributed by atoms with Gasteiger partial charge >= 0.3 is 6.03 Å². The molecule has 2 aliphatic rings. The normalized spacial score (nSPS) is 17.0. The Kier molecular flexibility index (Phi) is 5.97. The fraction of sp³-hybridized carbons (Fsp3) is 0.391. The zero-order valence-electron chi connectivity index (χ0n) is 17.4. The van der Waals surface area contributed by atoms with Gasteiger partial charge in [0.25, 0.3) is 0 Å². The maximum atomic E-state index is 13.0. The lowest BCUT2D eigenvalue weighted by molar-refractivity contribution is -0.132. The van der Waals surface area contributed by atoms with Crippen molar-refractivity contribution in [1.29, 1.82) is 0 Å². The third-order valence-electron chi connectivity index (χ3n) is 5.86. The van der Waals surface area contributed by atoms with Gasteiger partial charge < -0.3 is 25.0 Å². The molecule has 0 unspecified atom stereocenters. The van der Waals surface area contributed by atoms with E-state index in [1.807, 2.05) is 6.92 Å². The summed E-state index contributed by atoms with van der Waals surface area (Å²) >= 11 is 0. The van der Waals surface area contributed by atoms with Crippen LogP contribution in [0.1, 0.15) is 25.3 Å². The fourth-order valence-electron chi connectivity index (χ4n) is 3.75. The molecule has 2 aromatic carbocycles. The number of piperidine rings is 1. The predicted molar refractivity (Wildman–Crippen MR) is 114 cm³/mol. The number of fused-ring (bicyclic) bond motifs is 1. The zero-order valence-corrected chi connectivity index (χ0v) is 17.4. The number of urea groups is 1. The van der Waals surface area contributed by atoms with E-state index >= 15 is 0 Å². The number of benzene rings is 2. The van der Waals surface area contributed by atoms with Gasteiger partial charge in [0.15, 0.2) is 11.5 Å². The van der Waals surface area contributed by atoms with Crippen LogP contribution < -0.4 is 20.1 Å². The van der Waals surface area contributed by atoms with E-state index in [9.17, 15) is 14.0 Å². The third kappa shape index (κ3) is 4.90. The van der Waals surface area contributed by atoms with E-state index in [-0.39, 0.29) is 17.8 Å². The summed E-state index contributed by atoms with van der Waals surface area (Å²) in [6.45, 7) is 4.24. The minimum absolute atomic E-state index is 0.0521. The van der Waals surface area contributed by atoms with E-state index in [2.05, 4.69) is 10.6 Å². The largest absolute Gasteiger partial charge is 0.486 e. The van der Waals surface area contributed by atoms with Crippen molar-refractivity contribution >= 4 is 17.6 Å². The highest BCUT2D eigenvalue weighted by Crippen LogP contribution is 2.34. The number of nitrogens with one attached hydrogen (secondary N) is 2. The van der Waals surface area contributed by atoms with Gasteiger partial charge in [-0.3, -0.25) is 4.79 Å². The molecule has 0 bridgehead atoms. The summed E-state index contributed by atoms with van der Waals surface area (Å²) in [5, 5.41) is 5.83. The monoisotopic (exact) mass is 427 g/mol. The summed E-state index contributed by atoms with van der Waals surface area (Å²) in [5.41, 5.74) is 0.933. The number of carbonyl (C=O) groups excluding carboxylic acids is 2. The molecule has 1 fully saturated rings. The molecule has 2 heterocycles. The summed E-state index contributed by atoms with van der Waals surface area (Å²) in [4.78, 5) is 27.1. The Labute approximate surface area is 180 Å². The Bertz CT molecular complexity index is 956. The van der Waals surface area contributed by atoms with E-state index in [0.29, 0.717) is 62.9 Å². The average Bonchev–Trinajstić information content (AvgIpc) is 2.79. The summed E-state index contributed by atoms with van der Waals surface area (Å²) in [5.74, 6) is 0.936. The third-order valence-corrected chi connectivity index (χ3v) is 5.86. The number of likely N-dealkylation sites (tertiary alicyclic amines) is 1. The van der Waals surface area contributed by atoms with E-state index < -0.39 is 5.41 Å². The van der Waals surface area contributed by atoms with Crippen molar-refractivity contribution in [2.24, 2.45) is 5.41 Å². The molecule has 31 heavy (non-hydrogen) atoms. The molecule has 4 rings (SSSR count). The van der Waals surface area contributed by atoms with Crippen LogP contribution >= 0.6 is 0 Å². The summed E-state index contributed by atoms with van der Waals surface area (Å²) in [6, 6.07) is 11.2. The number of hydrogen-bond donors (Lipinski definition) is 2. The van der Waals surface area contributed by atoms with Crippen LogP contribution in [0.25, 0.3) is 0 Å². The Morgan fingerprint density at radius 1 is 1.03 bits per heavy atom. The minimum atomic E-state index is -0.548. The second-order valence-electron chi connectivity index (χ2n) is 8.15. The molecular formula is C23H26FN3O4. The molecule has 0 aromatic heterocycles. The van der Waals surface area contributed by atoms with Crippen LogP contribution in [-0.4, -0.2) is 43.1 Å². The second-order valence-corrected chi connectivity index (χ2v) is 8.15. The second kappa shape index (κ2) is 8.83. The van der Waals surface area contributed by atoms with Crippen LogP contribution in [0.3, 0.4) is 0 Å². The molecule has 2 N–H and O–H groups in total. The quantitative estimate of drug-likeness (QED) is 0.782. The number of nitrogens with zero attached hydrogens (tertiary/aromatic N) is 1. The van der Waals surface area contributed by atoms with Crippen LogP contribution in [0.2, 0.25) is 0 Å². The van der Waals surface area contributed by atoms with Crippen LogP contribution in [0, 0.1) is 11.2 Å². The fourth-order valence-corrected chi connectivity index (χ4v) is 3.75. The first-order valence-electron chi connectivity index (χ1n) is 10.4. The highest BCUT2D eigenvalue weighted by Gasteiger charge is 2.38. The van der Waals surface area contributed by atoms with Crippen molar-refractivity contribution in [3.8, 4) is 11.5 Å². The molecule has 7 nitrogen and oxygen atoms in total. The lowest BCUT2D eigenvalue weighted by Gasteiger charge is -2.38. The van der Waals surface area contributed by atoms with Gasteiger partial charge in [-0.05, 0) is 42.7 Å². The van der Waals surface area contributed by atoms with Gasteiger partial charge in [-0.1, -0.05) is 19.1 Å². The molecule has 0 saturated carbocycles. The highest BCUT2D eigenvalue weighted by atomic mass is 19.1. The average molecular weight is 427 g/mol. The molecular weight excluding hydrogens is 401 g/mol. The van der Waals surface area contributed by atoms with Crippen LogP contribution in [-0.2, 0) is 11.3 Å². The van der Waals surface area contributed by atoms with E-state index in [1.54, 1.807) is 35.2 Å². The van der Waals surface area contributed by atoms with Gasteiger partial charge in [-0.2, -0.15) is 0 Å². The molecule has 3 amide bonds. The lowest BCUT2D eigenvalue weighted by Crippen LogP contribution is -2.49. The number of amides is 3. The topological polar surface area (TPSA) is 79.9 Å².